The van der Waals surface area contributed by atoms with Gasteiger partial charge in [0, 0.05) is 17.5 Å². The second kappa shape index (κ2) is 12.8. The maximum atomic E-state index is 11.4. The van der Waals surface area contributed by atoms with Crippen LogP contribution >= 0.6 is 0 Å². The number of rotatable bonds is 8. The molecule has 0 aliphatic carbocycles. The zero-order chi connectivity index (χ0) is 31.2. The molecule has 0 radical (unpaired) electrons. The number of aromatic nitrogens is 4. The van der Waals surface area contributed by atoms with Gasteiger partial charge < -0.3 is 29.8 Å². The zero-order valence-corrected chi connectivity index (χ0v) is 26.9. The van der Waals surface area contributed by atoms with Crippen LogP contribution in [-0.2, 0) is 39.5 Å². The number of nitrogens with zero attached hydrogens (tertiary/aromatic N) is 4. The van der Waals surface area contributed by atoms with Gasteiger partial charge in [-0.3, -0.25) is 0 Å². The van der Waals surface area contributed by atoms with Crippen molar-refractivity contribution in [2.75, 3.05) is 0 Å². The second-order valence-electron chi connectivity index (χ2n) is 11.5. The van der Waals surface area contributed by atoms with E-state index in [1.165, 1.54) is 0 Å². The Morgan fingerprint density at radius 1 is 0.773 bits per heavy atom. The van der Waals surface area contributed by atoms with Crippen LogP contribution in [0.3, 0.4) is 0 Å². The Labute approximate surface area is 270 Å². The molecule has 0 saturated heterocycles. The molecule has 0 N–H and O–H groups in total. The van der Waals surface area contributed by atoms with Gasteiger partial charge in [0.1, 0.15) is 0 Å². The van der Waals surface area contributed by atoms with E-state index in [1.54, 1.807) is 6.08 Å². The summed E-state index contributed by atoms with van der Waals surface area (Å²) in [5.74, 6) is -2.10. The monoisotopic (exact) mass is 632 g/mol. The number of allylic oxidation sites excluding steroid dienone is 5. The average molecular weight is 633 g/mol. The van der Waals surface area contributed by atoms with Crippen LogP contribution in [0.5, 0.6) is 0 Å². The van der Waals surface area contributed by atoms with Crippen LogP contribution in [0.15, 0.2) is 36.9 Å². The summed E-state index contributed by atoms with van der Waals surface area (Å²) in [6.45, 7) is 16.2. The maximum Gasteiger partial charge on any atom is 2.00 e. The molecule has 0 atom stereocenters. The smallest absolute Gasteiger partial charge is 0.657 e. The Bertz CT molecular complexity index is 1940. The molecule has 8 bridgehead atoms. The first-order valence-electron chi connectivity index (χ1n) is 14.5. The topological polar surface area (TPSA) is 134 Å². The van der Waals surface area contributed by atoms with Gasteiger partial charge >= 0.3 is 19.9 Å². The molecule has 9 heteroatoms. The molecular weight excluding hydrogens is 596 g/mol. The summed E-state index contributed by atoms with van der Waals surface area (Å²) in [6, 6.07) is 7.69. The van der Waals surface area contributed by atoms with Crippen molar-refractivity contribution in [3.05, 3.63) is 81.9 Å². The number of carbonyl (C=O) groups excluding carboxylic acids is 2. The van der Waals surface area contributed by atoms with Gasteiger partial charge in [-0.05, 0) is 82.1 Å². The number of carboxylic acid groups (broad SMARTS) is 2. The van der Waals surface area contributed by atoms with Crippen molar-refractivity contribution in [3.8, 4) is 0 Å². The molecule has 0 fully saturated rings. The molecule has 2 aliphatic heterocycles. The molecule has 3 aromatic rings. The molecule has 2 aliphatic rings. The number of carbonyl (C=O) groups is 2. The van der Waals surface area contributed by atoms with Crippen LogP contribution in [0.4, 0.5) is 0 Å². The Kier molecular flexibility index (Phi) is 9.52. The second-order valence-corrected chi connectivity index (χ2v) is 11.5. The van der Waals surface area contributed by atoms with Gasteiger partial charge in [0.2, 0.25) is 0 Å². The first-order valence-corrected chi connectivity index (χ1v) is 14.5. The first-order chi connectivity index (χ1) is 20.4. The fourth-order valence-corrected chi connectivity index (χ4v) is 6.07. The van der Waals surface area contributed by atoms with Gasteiger partial charge in [-0.1, -0.05) is 67.0 Å². The molecule has 0 aromatic carbocycles. The van der Waals surface area contributed by atoms with Crippen LogP contribution in [0.1, 0.15) is 88.4 Å². The third-order valence-corrected chi connectivity index (χ3v) is 8.42. The van der Waals surface area contributed by atoms with Crippen LogP contribution < -0.4 is 20.2 Å². The third kappa shape index (κ3) is 6.07. The Morgan fingerprint density at radius 2 is 1.25 bits per heavy atom. The minimum absolute atomic E-state index is 0. The molecule has 44 heavy (non-hydrogen) atoms. The minimum atomic E-state index is -1.15. The fraction of sp³-hybridized carbons (Fsp3) is 0.314. The van der Waals surface area contributed by atoms with E-state index >= 15 is 0 Å². The van der Waals surface area contributed by atoms with Crippen molar-refractivity contribution < 1.29 is 39.7 Å². The van der Waals surface area contributed by atoms with Gasteiger partial charge in [0.25, 0.3) is 0 Å². The summed E-state index contributed by atoms with van der Waals surface area (Å²) in [4.78, 5) is 42.7. The number of aliphatic carboxylic acids is 2. The van der Waals surface area contributed by atoms with Crippen molar-refractivity contribution in [2.45, 2.75) is 67.2 Å². The molecular formula is C35H36FeN4O4. The molecule has 0 saturated carbocycles. The summed E-state index contributed by atoms with van der Waals surface area (Å²) >= 11 is 0. The molecule has 3 aromatic heterocycles. The van der Waals surface area contributed by atoms with E-state index in [0.717, 1.165) is 67.3 Å². The van der Waals surface area contributed by atoms with Crippen molar-refractivity contribution in [1.82, 2.24) is 19.9 Å². The Balaban J connectivity index is 0.00000245. The van der Waals surface area contributed by atoms with Gasteiger partial charge in [0.15, 0.2) is 0 Å². The normalized spacial score (nSPS) is 13.0. The van der Waals surface area contributed by atoms with Crippen molar-refractivity contribution in [2.24, 2.45) is 5.92 Å². The molecule has 0 unspecified atom stereocenters. The van der Waals surface area contributed by atoms with Crippen molar-refractivity contribution in [3.63, 3.8) is 0 Å². The van der Waals surface area contributed by atoms with Crippen LogP contribution in [0.2, 0.25) is 0 Å². The summed E-state index contributed by atoms with van der Waals surface area (Å²) in [6.07, 6.45) is 1.95. The number of carboxylic acids is 2. The van der Waals surface area contributed by atoms with E-state index in [9.17, 15) is 19.8 Å². The predicted octanol–water partition coefficient (Wildman–Crippen LogP) is 4.48. The summed E-state index contributed by atoms with van der Waals surface area (Å²) in [5, 5.41) is 22.9. The van der Waals surface area contributed by atoms with E-state index in [0.29, 0.717) is 22.1 Å². The van der Waals surface area contributed by atoms with E-state index in [2.05, 4.69) is 27.4 Å². The van der Waals surface area contributed by atoms with Crippen LogP contribution in [-0.4, -0.2) is 21.9 Å². The van der Waals surface area contributed by atoms with Crippen molar-refractivity contribution in [1.29, 1.82) is 0 Å². The molecule has 5 rings (SSSR count). The van der Waals surface area contributed by atoms with Gasteiger partial charge in [-0.25, -0.2) is 9.97 Å². The summed E-state index contributed by atoms with van der Waals surface area (Å²) in [5.41, 5.74) is 13.0. The molecule has 5 heterocycles. The first kappa shape index (κ1) is 32.7. The molecule has 0 amide bonds. The maximum absolute atomic E-state index is 11.4. The average Bonchev–Trinajstić information content (AvgIpc) is 3.59. The van der Waals surface area contributed by atoms with Gasteiger partial charge in [-0.2, -0.15) is 0 Å². The zero-order valence-electron chi connectivity index (χ0n) is 27.8. The predicted molar refractivity (Wildman–Crippen MR) is 167 cm³/mol. The van der Waals surface area contributed by atoms with E-state index in [-0.39, 0.29) is 51.5 Å². The van der Waals surface area contributed by atoms with E-state index in [4.69, 9.17) is 19.9 Å². The summed E-state index contributed by atoms with van der Waals surface area (Å²) in [7, 11) is 0. The van der Waals surface area contributed by atoms with E-state index < -0.39 is 11.9 Å². The van der Waals surface area contributed by atoms with Gasteiger partial charge in [-0.15, -0.1) is 22.1 Å². The van der Waals surface area contributed by atoms with E-state index in [1.807, 2.05) is 45.0 Å². The quantitative estimate of drug-likeness (QED) is 0.332. The molecule has 228 valence electrons. The fourth-order valence-electron chi connectivity index (χ4n) is 6.07. The van der Waals surface area contributed by atoms with Crippen molar-refractivity contribution >= 4 is 56.3 Å². The minimum Gasteiger partial charge on any atom is -0.657 e. The SMILES string of the molecule is C=CC1=C(C)c2cc3[n-]c(cc4[n-]c(cc5nc(cc1n2)C(C)=C5C(C)C)c(C)c4CCC(=O)[O-])c(CCC(=O)[O-])c3C.[Fe+2].[H+].[H+]. The third-order valence-electron chi connectivity index (χ3n) is 8.42. The van der Waals surface area contributed by atoms with Gasteiger partial charge in [0.05, 0.1) is 22.8 Å². The number of aryl methyl sites for hydroxylation is 4. The number of fused-ring (bicyclic) bond motifs is 8. The van der Waals surface area contributed by atoms with Crippen LogP contribution in [0.25, 0.3) is 44.4 Å². The van der Waals surface area contributed by atoms with Crippen LogP contribution in [0, 0.1) is 19.8 Å². The molecule has 8 nitrogen and oxygen atoms in total. The number of hydrogen-bond acceptors (Lipinski definition) is 6. The molecule has 0 spiro atoms. The number of hydrogen-bond donors (Lipinski definition) is 0. The summed E-state index contributed by atoms with van der Waals surface area (Å²) < 4.78 is 0. The Morgan fingerprint density at radius 3 is 1.73 bits per heavy atom. The largest absolute Gasteiger partial charge is 2.00 e. The Hall–Kier alpha value is -4.20. The standard InChI is InChI=1S/C35H38N4O4.Fe/c1-8-22-18(4)25-13-26-19(5)23(9-11-33(40)41)30(37-26)16-31-24(10-12-34(42)43)20(6)27(38-31)15-32-35(17(2)3)21(7)28(39-32)14-29(22)36-25;/h8,13-17H,1,9-12H2,2-7H3,(H4,36,37,38,39,40,41,42,43);/q;+2/p-2.